The summed E-state index contributed by atoms with van der Waals surface area (Å²) in [5.74, 6) is 0. The first kappa shape index (κ1) is 23.6. The highest BCUT2D eigenvalue weighted by Gasteiger charge is 2.13. The molecule has 0 heterocycles. The summed E-state index contributed by atoms with van der Waals surface area (Å²) in [6.07, 6.45) is 0. The number of thiol groups is 1. The highest BCUT2D eigenvalue weighted by Crippen LogP contribution is 2.38. The molecule has 0 aliphatic carbocycles. The molecule has 0 bridgehead atoms. The van der Waals surface area contributed by atoms with E-state index in [2.05, 4.69) is 117 Å². The highest BCUT2D eigenvalue weighted by atomic mass is 32.1. The van der Waals surface area contributed by atoms with Gasteiger partial charge in [0.25, 0.3) is 0 Å². The van der Waals surface area contributed by atoms with Gasteiger partial charge in [0, 0.05) is 22.0 Å². The van der Waals surface area contributed by atoms with E-state index in [4.69, 9.17) is 0 Å². The minimum atomic E-state index is 0.766. The smallest absolute Gasteiger partial charge is 0.112 e. The summed E-state index contributed by atoms with van der Waals surface area (Å²) in [5.41, 5.74) is 11.5. The molecule has 0 amide bonds. The van der Waals surface area contributed by atoms with Crippen LogP contribution in [0, 0.1) is 34.6 Å². The van der Waals surface area contributed by atoms with Crippen LogP contribution in [0.2, 0.25) is 0 Å². The first-order valence-electron chi connectivity index (χ1n) is 11.3. The van der Waals surface area contributed by atoms with Crippen molar-refractivity contribution in [3.05, 3.63) is 101 Å². The molecule has 4 rings (SSSR count). The number of hydrogen-bond donors (Lipinski definition) is 3. The number of para-hydroxylation sites is 2. The fourth-order valence-electron chi connectivity index (χ4n) is 4.04. The van der Waals surface area contributed by atoms with Crippen molar-refractivity contribution >= 4 is 46.8 Å². The lowest BCUT2D eigenvalue weighted by Crippen LogP contribution is -2.00. The number of nitrogens with one attached hydrogen (secondary N) is 2. The van der Waals surface area contributed by atoms with E-state index in [0.717, 1.165) is 44.6 Å². The van der Waals surface area contributed by atoms with Gasteiger partial charge in [0.15, 0.2) is 0 Å². The number of nitrogens with zero attached hydrogens (tertiary/aromatic N) is 2. The van der Waals surface area contributed by atoms with Crippen LogP contribution in [-0.2, 0) is 0 Å². The van der Waals surface area contributed by atoms with Crippen LogP contribution in [0.4, 0.5) is 34.1 Å². The van der Waals surface area contributed by atoms with Crippen molar-refractivity contribution in [2.45, 2.75) is 39.5 Å². The van der Waals surface area contributed by atoms with E-state index in [9.17, 15) is 0 Å². The molecule has 34 heavy (non-hydrogen) atoms. The predicted molar refractivity (Wildman–Crippen MR) is 147 cm³/mol. The second-order valence-electron chi connectivity index (χ2n) is 8.69. The maximum absolute atomic E-state index is 4.66. The molecule has 0 fully saturated rings. The standard InChI is InChI=1S/C29H30N4S/c1-18-9-6-10-19(2)27(18)30-24-15-22(5)29(33-32-23-13-8-14-25(34)16-23)26(17-24)31-28-20(3)11-7-12-21(28)4/h6-17,30-31,34H,1-5H3. The van der Waals surface area contributed by atoms with E-state index in [0.29, 0.717) is 0 Å². The molecule has 0 aliphatic rings. The molecular formula is C29H30N4S. The van der Waals surface area contributed by atoms with Crippen LogP contribution in [-0.4, -0.2) is 0 Å². The zero-order valence-corrected chi connectivity index (χ0v) is 21.2. The Morgan fingerprint density at radius 3 is 1.74 bits per heavy atom. The molecule has 172 valence electrons. The van der Waals surface area contributed by atoms with Gasteiger partial charge in [-0.15, -0.1) is 17.7 Å². The number of anilines is 4. The Hall–Kier alpha value is -3.57. The van der Waals surface area contributed by atoms with Crippen molar-refractivity contribution in [3.63, 3.8) is 0 Å². The van der Waals surface area contributed by atoms with Gasteiger partial charge in [0.05, 0.1) is 11.4 Å². The second-order valence-corrected chi connectivity index (χ2v) is 9.21. The maximum Gasteiger partial charge on any atom is 0.112 e. The van der Waals surface area contributed by atoms with E-state index in [1.54, 1.807) is 0 Å². The number of rotatable bonds is 6. The third-order valence-electron chi connectivity index (χ3n) is 5.89. The Kier molecular flexibility index (Phi) is 7.03. The van der Waals surface area contributed by atoms with Crippen molar-refractivity contribution in [2.75, 3.05) is 10.6 Å². The van der Waals surface area contributed by atoms with Crippen molar-refractivity contribution in [1.29, 1.82) is 0 Å². The molecule has 0 atom stereocenters. The molecule has 0 saturated heterocycles. The molecular weight excluding hydrogens is 436 g/mol. The molecule has 0 saturated carbocycles. The summed E-state index contributed by atoms with van der Waals surface area (Å²) < 4.78 is 0. The molecule has 2 N–H and O–H groups in total. The van der Waals surface area contributed by atoms with Crippen LogP contribution >= 0.6 is 12.6 Å². The van der Waals surface area contributed by atoms with Crippen molar-refractivity contribution < 1.29 is 0 Å². The SMILES string of the molecule is Cc1cc(Nc2c(C)cccc2C)cc(Nc2c(C)cccc2C)c1N=Nc1cccc(S)c1. The van der Waals surface area contributed by atoms with Crippen LogP contribution in [0.25, 0.3) is 0 Å². The van der Waals surface area contributed by atoms with Crippen LogP contribution in [0.5, 0.6) is 0 Å². The van der Waals surface area contributed by atoms with Gasteiger partial charge in [-0.1, -0.05) is 42.5 Å². The van der Waals surface area contributed by atoms with Crippen molar-refractivity contribution in [1.82, 2.24) is 0 Å². The van der Waals surface area contributed by atoms with Crippen LogP contribution < -0.4 is 10.6 Å². The summed E-state index contributed by atoms with van der Waals surface area (Å²) in [6, 6.07) is 24.5. The number of hydrogen-bond acceptors (Lipinski definition) is 5. The van der Waals surface area contributed by atoms with Crippen LogP contribution in [0.15, 0.2) is 87.9 Å². The van der Waals surface area contributed by atoms with Gasteiger partial charge in [-0.2, -0.15) is 5.11 Å². The van der Waals surface area contributed by atoms with Gasteiger partial charge in [-0.05, 0) is 92.8 Å². The third kappa shape index (κ3) is 5.32. The quantitative estimate of drug-likeness (QED) is 0.196. The van der Waals surface area contributed by atoms with Gasteiger partial charge < -0.3 is 10.6 Å². The Labute approximate surface area is 207 Å². The Bertz CT molecular complexity index is 1330. The number of azo groups is 1. The summed E-state index contributed by atoms with van der Waals surface area (Å²) in [5, 5.41) is 16.4. The largest absolute Gasteiger partial charge is 0.355 e. The predicted octanol–water partition coefficient (Wildman–Crippen LogP) is 9.42. The summed E-state index contributed by atoms with van der Waals surface area (Å²) >= 11 is 4.42. The fraction of sp³-hybridized carbons (Fsp3) is 0.172. The topological polar surface area (TPSA) is 48.8 Å². The van der Waals surface area contributed by atoms with E-state index >= 15 is 0 Å². The Balaban J connectivity index is 1.79. The molecule has 0 aromatic heterocycles. The van der Waals surface area contributed by atoms with Crippen LogP contribution in [0.1, 0.15) is 27.8 Å². The second kappa shape index (κ2) is 10.1. The van der Waals surface area contributed by atoms with Gasteiger partial charge in [0.2, 0.25) is 0 Å². The molecule has 0 aliphatic heterocycles. The van der Waals surface area contributed by atoms with Gasteiger partial charge in [-0.25, -0.2) is 0 Å². The van der Waals surface area contributed by atoms with E-state index in [-0.39, 0.29) is 0 Å². The normalized spacial score (nSPS) is 11.1. The van der Waals surface area contributed by atoms with Gasteiger partial charge >= 0.3 is 0 Å². The molecule has 0 unspecified atom stereocenters. The van der Waals surface area contributed by atoms with Gasteiger partial charge in [-0.3, -0.25) is 0 Å². The lowest BCUT2D eigenvalue weighted by atomic mass is 10.1. The first-order valence-corrected chi connectivity index (χ1v) is 11.8. The average Bonchev–Trinajstić information content (AvgIpc) is 2.78. The molecule has 0 radical (unpaired) electrons. The average molecular weight is 467 g/mol. The number of aryl methyl sites for hydroxylation is 5. The highest BCUT2D eigenvalue weighted by molar-refractivity contribution is 7.80. The van der Waals surface area contributed by atoms with Crippen molar-refractivity contribution in [3.8, 4) is 0 Å². The van der Waals surface area contributed by atoms with Gasteiger partial charge in [0.1, 0.15) is 5.69 Å². The zero-order valence-electron chi connectivity index (χ0n) is 20.3. The molecule has 5 heteroatoms. The van der Waals surface area contributed by atoms with E-state index in [1.165, 1.54) is 22.3 Å². The monoisotopic (exact) mass is 466 g/mol. The summed E-state index contributed by atoms with van der Waals surface area (Å²) in [6.45, 7) is 10.5. The van der Waals surface area contributed by atoms with Crippen LogP contribution in [0.3, 0.4) is 0 Å². The Morgan fingerprint density at radius 2 is 1.15 bits per heavy atom. The molecule has 4 aromatic carbocycles. The van der Waals surface area contributed by atoms with Crippen molar-refractivity contribution in [2.24, 2.45) is 10.2 Å². The van der Waals surface area contributed by atoms with E-state index < -0.39 is 0 Å². The minimum absolute atomic E-state index is 0.766. The molecule has 4 aromatic rings. The number of benzene rings is 4. The first-order chi connectivity index (χ1) is 16.3. The molecule has 0 spiro atoms. The molecule has 4 nitrogen and oxygen atoms in total. The Morgan fingerprint density at radius 1 is 0.588 bits per heavy atom. The lowest BCUT2D eigenvalue weighted by Gasteiger charge is -2.19. The fourth-order valence-corrected chi connectivity index (χ4v) is 4.26. The minimum Gasteiger partial charge on any atom is -0.355 e. The zero-order chi connectivity index (χ0) is 24.2. The van der Waals surface area contributed by atoms with E-state index in [1.807, 2.05) is 24.3 Å². The summed E-state index contributed by atoms with van der Waals surface area (Å²) in [7, 11) is 0. The lowest BCUT2D eigenvalue weighted by molar-refractivity contribution is 1.20. The summed E-state index contributed by atoms with van der Waals surface area (Å²) in [4.78, 5) is 0.857. The third-order valence-corrected chi connectivity index (χ3v) is 6.17. The maximum atomic E-state index is 4.66.